The molecule has 0 saturated heterocycles. The summed E-state index contributed by atoms with van der Waals surface area (Å²) in [5, 5.41) is 39.1. The van der Waals surface area contributed by atoms with Gasteiger partial charge in [0, 0.05) is 24.9 Å². The van der Waals surface area contributed by atoms with Crippen molar-refractivity contribution in [1.82, 2.24) is 4.90 Å². The Morgan fingerprint density at radius 2 is 1.97 bits per heavy atom. The second-order valence-electron chi connectivity index (χ2n) is 8.51. The number of methoxy groups -OCH3 is 1. The van der Waals surface area contributed by atoms with Crippen LogP contribution in [0.4, 0.5) is 4.79 Å². The maximum atomic E-state index is 12.5. The van der Waals surface area contributed by atoms with Crippen molar-refractivity contribution in [3.8, 4) is 29.7 Å². The quantitative estimate of drug-likeness (QED) is 0.460. The fraction of sp³-hybridized carbons (Fsp3) is 0.500. The molecule has 1 amide bonds. The third-order valence-corrected chi connectivity index (χ3v) is 6.62. The molecule has 0 bridgehead atoms. The lowest BCUT2D eigenvalue weighted by Gasteiger charge is -2.47. The van der Waals surface area contributed by atoms with Gasteiger partial charge in [-0.25, -0.2) is 4.79 Å². The first-order valence-electron chi connectivity index (χ1n) is 11.7. The molecular formula is C26H29N5O4. The van der Waals surface area contributed by atoms with E-state index in [1.807, 2.05) is 0 Å². The minimum absolute atomic E-state index is 0.156. The summed E-state index contributed by atoms with van der Waals surface area (Å²) in [6, 6.07) is 11.4. The van der Waals surface area contributed by atoms with Crippen LogP contribution in [-0.4, -0.2) is 50.1 Å². The molecule has 1 fully saturated rings. The summed E-state index contributed by atoms with van der Waals surface area (Å²) in [5.74, 6) is -1.38. The molecule has 1 N–H and O–H groups in total. The van der Waals surface area contributed by atoms with Gasteiger partial charge in [-0.15, -0.1) is 0 Å². The van der Waals surface area contributed by atoms with Crippen molar-refractivity contribution in [2.45, 2.75) is 32.6 Å². The van der Waals surface area contributed by atoms with Crippen LogP contribution in [0.5, 0.6) is 11.5 Å². The molecule has 9 heteroatoms. The number of hydrogen-bond acceptors (Lipinski definition) is 8. The Labute approximate surface area is 205 Å². The summed E-state index contributed by atoms with van der Waals surface area (Å²) in [6.07, 6.45) is 3.10. The van der Waals surface area contributed by atoms with Crippen LogP contribution in [0.2, 0.25) is 0 Å². The van der Waals surface area contributed by atoms with E-state index in [1.54, 1.807) is 31.2 Å². The molecule has 0 spiro atoms. The number of benzene rings is 1. The van der Waals surface area contributed by atoms with Crippen molar-refractivity contribution in [3.05, 3.63) is 35.4 Å². The highest BCUT2D eigenvalue weighted by atomic mass is 16.6. The second-order valence-corrected chi connectivity index (χ2v) is 8.51. The Kier molecular flexibility index (Phi) is 7.99. The van der Waals surface area contributed by atoms with Crippen LogP contribution >= 0.6 is 0 Å². The maximum Gasteiger partial charge on any atom is 0.410 e. The Morgan fingerprint density at radius 1 is 1.23 bits per heavy atom. The summed E-state index contributed by atoms with van der Waals surface area (Å²) < 4.78 is 16.5. The van der Waals surface area contributed by atoms with Crippen LogP contribution in [0, 0.1) is 56.7 Å². The summed E-state index contributed by atoms with van der Waals surface area (Å²) in [7, 11) is 1.51. The van der Waals surface area contributed by atoms with Crippen LogP contribution in [0.15, 0.2) is 29.8 Å². The van der Waals surface area contributed by atoms with Gasteiger partial charge in [0.1, 0.15) is 5.92 Å². The van der Waals surface area contributed by atoms with Crippen molar-refractivity contribution in [2.24, 2.45) is 17.3 Å². The number of hydrogen-bond donors (Lipinski definition) is 1. The van der Waals surface area contributed by atoms with Gasteiger partial charge in [-0.05, 0) is 36.6 Å². The van der Waals surface area contributed by atoms with Gasteiger partial charge in [-0.2, -0.15) is 15.8 Å². The highest BCUT2D eigenvalue weighted by Gasteiger charge is 2.58. The predicted octanol–water partition coefficient (Wildman–Crippen LogP) is 4.18. The SMILES string of the molecule is CCCCOc1ccc([C@@H]2[C@H]3CN(C(=O)OCC)CC=C3[C@@H](C#N)C(=N)C2(C#N)C#N)cc1OC. The molecule has 1 aromatic carbocycles. The molecule has 1 aliphatic carbocycles. The average molecular weight is 476 g/mol. The topological polar surface area (TPSA) is 143 Å². The molecule has 182 valence electrons. The zero-order valence-electron chi connectivity index (χ0n) is 20.2. The lowest BCUT2D eigenvalue weighted by molar-refractivity contribution is 0.0992. The number of rotatable bonds is 7. The number of carbonyl (C=O) groups excluding carboxylic acids is 1. The first-order valence-corrected chi connectivity index (χ1v) is 11.7. The summed E-state index contributed by atoms with van der Waals surface area (Å²) in [6.45, 7) is 4.89. The van der Waals surface area contributed by atoms with E-state index in [1.165, 1.54) is 12.0 Å². The van der Waals surface area contributed by atoms with Crippen LogP contribution in [0.25, 0.3) is 0 Å². The first kappa shape index (κ1) is 25.6. The van der Waals surface area contributed by atoms with E-state index in [2.05, 4.69) is 25.1 Å². The molecule has 1 saturated carbocycles. The summed E-state index contributed by atoms with van der Waals surface area (Å²) in [4.78, 5) is 14.0. The normalized spacial score (nSPS) is 22.5. The Bertz CT molecular complexity index is 1130. The minimum Gasteiger partial charge on any atom is -0.493 e. The number of ether oxygens (including phenoxy) is 3. The van der Waals surface area contributed by atoms with E-state index < -0.39 is 29.3 Å². The predicted molar refractivity (Wildman–Crippen MR) is 127 cm³/mol. The largest absolute Gasteiger partial charge is 0.493 e. The molecular weight excluding hydrogens is 446 g/mol. The molecule has 3 atom stereocenters. The highest BCUT2D eigenvalue weighted by molar-refractivity contribution is 6.01. The maximum absolute atomic E-state index is 12.5. The zero-order valence-corrected chi connectivity index (χ0v) is 20.2. The van der Waals surface area contributed by atoms with Gasteiger partial charge in [0.25, 0.3) is 0 Å². The number of fused-ring (bicyclic) bond motifs is 1. The van der Waals surface area contributed by atoms with Gasteiger partial charge in [0.05, 0.1) is 44.2 Å². The van der Waals surface area contributed by atoms with Gasteiger partial charge in [0.15, 0.2) is 16.9 Å². The van der Waals surface area contributed by atoms with Gasteiger partial charge in [-0.3, -0.25) is 0 Å². The molecule has 0 aromatic heterocycles. The van der Waals surface area contributed by atoms with Crippen LogP contribution in [0.1, 0.15) is 38.2 Å². The van der Waals surface area contributed by atoms with Crippen LogP contribution in [-0.2, 0) is 4.74 Å². The highest BCUT2D eigenvalue weighted by Crippen LogP contribution is 2.54. The van der Waals surface area contributed by atoms with Crippen molar-refractivity contribution in [2.75, 3.05) is 33.4 Å². The van der Waals surface area contributed by atoms with Crippen LogP contribution < -0.4 is 9.47 Å². The Morgan fingerprint density at radius 3 is 2.57 bits per heavy atom. The molecule has 1 aliphatic heterocycles. The fourth-order valence-electron chi connectivity index (χ4n) is 4.87. The van der Waals surface area contributed by atoms with Crippen molar-refractivity contribution in [1.29, 1.82) is 21.2 Å². The number of nitrogens with one attached hydrogen (secondary N) is 1. The minimum atomic E-state index is -1.89. The van der Waals surface area contributed by atoms with Crippen molar-refractivity contribution >= 4 is 11.8 Å². The molecule has 0 unspecified atom stereocenters. The third-order valence-electron chi connectivity index (χ3n) is 6.62. The van der Waals surface area contributed by atoms with Crippen molar-refractivity contribution in [3.63, 3.8) is 0 Å². The Hall–Kier alpha value is -4.03. The first-order chi connectivity index (χ1) is 16.9. The molecule has 1 heterocycles. The monoisotopic (exact) mass is 475 g/mol. The van der Waals surface area contributed by atoms with E-state index >= 15 is 0 Å². The van der Waals surface area contributed by atoms with E-state index in [0.29, 0.717) is 29.2 Å². The fourth-order valence-corrected chi connectivity index (χ4v) is 4.87. The van der Waals surface area contributed by atoms with Gasteiger partial charge in [0.2, 0.25) is 0 Å². The molecule has 2 aliphatic rings. The molecule has 1 aromatic rings. The van der Waals surface area contributed by atoms with Crippen molar-refractivity contribution < 1.29 is 19.0 Å². The second kappa shape index (κ2) is 10.9. The number of unbranched alkanes of at least 4 members (excludes halogenated alkanes) is 1. The zero-order chi connectivity index (χ0) is 25.6. The Balaban J connectivity index is 2.15. The molecule has 0 radical (unpaired) electrons. The number of nitrogens with zero attached hydrogens (tertiary/aromatic N) is 4. The molecule has 9 nitrogen and oxygen atoms in total. The molecule has 35 heavy (non-hydrogen) atoms. The number of nitriles is 3. The molecule has 3 rings (SSSR count). The smallest absolute Gasteiger partial charge is 0.410 e. The van der Waals surface area contributed by atoms with E-state index in [-0.39, 0.29) is 25.4 Å². The average Bonchev–Trinajstić information content (AvgIpc) is 2.88. The van der Waals surface area contributed by atoms with E-state index in [4.69, 9.17) is 19.6 Å². The lowest BCUT2D eigenvalue weighted by Crippen LogP contribution is -2.53. The number of amides is 1. The van der Waals surface area contributed by atoms with Crippen LogP contribution in [0.3, 0.4) is 0 Å². The van der Waals surface area contributed by atoms with E-state index in [9.17, 15) is 20.6 Å². The van der Waals surface area contributed by atoms with Gasteiger partial charge < -0.3 is 24.5 Å². The van der Waals surface area contributed by atoms with Gasteiger partial charge >= 0.3 is 6.09 Å². The van der Waals surface area contributed by atoms with E-state index in [0.717, 1.165) is 12.8 Å². The van der Waals surface area contributed by atoms with Gasteiger partial charge in [-0.1, -0.05) is 25.5 Å². The number of carbonyl (C=O) groups is 1. The summed E-state index contributed by atoms with van der Waals surface area (Å²) >= 11 is 0. The lowest BCUT2D eigenvalue weighted by atomic mass is 9.54. The summed E-state index contributed by atoms with van der Waals surface area (Å²) in [5.41, 5.74) is -0.901. The standard InChI is InChI=1S/C26H29N5O4/c1-4-6-11-35-21-8-7-17(12-22(21)33-3)23-20-14-31(25(32)34-5-2)10-9-18(20)19(13-27)24(30)26(23,15-28)16-29/h7-9,12,19-20,23,30H,4-6,10-11,14H2,1-3H3/t19-,20+,23-/m1/s1. The third kappa shape index (κ3) is 4.53.